The lowest BCUT2D eigenvalue weighted by atomic mass is 10.2. The second-order valence-electron chi connectivity index (χ2n) is 5.41. The molecular formula is C14H23N5O2. The van der Waals surface area contributed by atoms with Crippen molar-refractivity contribution in [2.45, 2.75) is 52.7 Å². The maximum atomic E-state index is 12.6. The maximum Gasteiger partial charge on any atom is 0.332 e. The molecule has 0 fully saturated rings. The molecule has 2 N–H and O–H groups in total. The Morgan fingerprint density at radius 1 is 1.24 bits per heavy atom. The van der Waals surface area contributed by atoms with E-state index in [1.807, 2.05) is 20.8 Å². The van der Waals surface area contributed by atoms with Crippen molar-refractivity contribution in [1.29, 1.82) is 0 Å². The number of rotatable bonds is 5. The van der Waals surface area contributed by atoms with Gasteiger partial charge in [0.15, 0.2) is 11.2 Å². The fraction of sp³-hybridized carbons (Fsp3) is 0.643. The summed E-state index contributed by atoms with van der Waals surface area (Å²) in [6, 6.07) is -0.211. The van der Waals surface area contributed by atoms with Crippen LogP contribution in [0.4, 0.5) is 0 Å². The molecule has 2 rings (SSSR count). The zero-order valence-corrected chi connectivity index (χ0v) is 13.1. The van der Waals surface area contributed by atoms with Crippen molar-refractivity contribution in [2.75, 3.05) is 0 Å². The first-order chi connectivity index (χ1) is 9.92. The van der Waals surface area contributed by atoms with Gasteiger partial charge in [0, 0.05) is 26.2 Å². The number of nitrogens with two attached hydrogens (primary N) is 1. The van der Waals surface area contributed by atoms with E-state index in [9.17, 15) is 9.59 Å². The molecule has 2 heterocycles. The molecule has 0 saturated carbocycles. The number of nitrogens with zero attached hydrogens (tertiary/aromatic N) is 4. The predicted molar refractivity (Wildman–Crippen MR) is 82.5 cm³/mol. The Bertz CT molecular complexity index is 768. The Balaban J connectivity index is 2.83. The van der Waals surface area contributed by atoms with Crippen molar-refractivity contribution in [2.24, 2.45) is 12.8 Å². The Kier molecular flexibility index (Phi) is 4.32. The Labute approximate surface area is 123 Å². The molecule has 2 aromatic rings. The minimum Gasteiger partial charge on any atom is -0.326 e. The van der Waals surface area contributed by atoms with E-state index in [0.717, 1.165) is 6.42 Å². The van der Waals surface area contributed by atoms with Gasteiger partial charge in [-0.2, -0.15) is 0 Å². The molecule has 0 aliphatic carbocycles. The molecule has 0 radical (unpaired) electrons. The number of fused-ring (bicyclic) bond motifs is 1. The fourth-order valence-electron chi connectivity index (χ4n) is 2.42. The fourth-order valence-corrected chi connectivity index (χ4v) is 2.42. The van der Waals surface area contributed by atoms with Crippen LogP contribution in [0.5, 0.6) is 0 Å². The minimum absolute atomic E-state index is 0.211. The van der Waals surface area contributed by atoms with Crippen LogP contribution in [-0.2, 0) is 20.1 Å². The summed E-state index contributed by atoms with van der Waals surface area (Å²) >= 11 is 0. The van der Waals surface area contributed by atoms with Crippen LogP contribution in [0.25, 0.3) is 11.2 Å². The molecule has 0 aliphatic rings. The van der Waals surface area contributed by atoms with E-state index >= 15 is 0 Å². The summed E-state index contributed by atoms with van der Waals surface area (Å²) in [4.78, 5) is 29.6. The SMILES string of the molecule is CCCn1c(=O)n(CC(N)CC)c(=O)c2c1nc(C)n2C. The van der Waals surface area contributed by atoms with E-state index in [1.165, 1.54) is 4.57 Å². The molecule has 0 bridgehead atoms. The highest BCUT2D eigenvalue weighted by molar-refractivity contribution is 5.70. The second kappa shape index (κ2) is 5.85. The quantitative estimate of drug-likeness (QED) is 0.861. The maximum absolute atomic E-state index is 12.6. The third-order valence-electron chi connectivity index (χ3n) is 3.85. The summed E-state index contributed by atoms with van der Waals surface area (Å²) in [6.45, 7) is 6.52. The van der Waals surface area contributed by atoms with Gasteiger partial charge in [-0.25, -0.2) is 9.78 Å². The van der Waals surface area contributed by atoms with Crippen LogP contribution in [0, 0.1) is 6.92 Å². The lowest BCUT2D eigenvalue weighted by Gasteiger charge is -2.14. The van der Waals surface area contributed by atoms with Gasteiger partial charge in [0.25, 0.3) is 5.56 Å². The van der Waals surface area contributed by atoms with Gasteiger partial charge >= 0.3 is 5.69 Å². The van der Waals surface area contributed by atoms with Crippen LogP contribution in [-0.4, -0.2) is 24.7 Å². The summed E-state index contributed by atoms with van der Waals surface area (Å²) in [6.07, 6.45) is 1.50. The molecule has 21 heavy (non-hydrogen) atoms. The van der Waals surface area contributed by atoms with Gasteiger partial charge in [-0.3, -0.25) is 13.9 Å². The van der Waals surface area contributed by atoms with Crippen LogP contribution in [0.2, 0.25) is 0 Å². The van der Waals surface area contributed by atoms with Gasteiger partial charge in [0.05, 0.1) is 0 Å². The average molecular weight is 293 g/mol. The normalized spacial score (nSPS) is 13.0. The molecular weight excluding hydrogens is 270 g/mol. The first-order valence-electron chi connectivity index (χ1n) is 7.34. The molecule has 0 amide bonds. The van der Waals surface area contributed by atoms with Gasteiger partial charge in [-0.05, 0) is 19.8 Å². The number of aryl methyl sites for hydroxylation is 3. The third-order valence-corrected chi connectivity index (χ3v) is 3.85. The molecule has 7 nitrogen and oxygen atoms in total. The summed E-state index contributed by atoms with van der Waals surface area (Å²) in [5.41, 5.74) is 6.22. The molecule has 7 heteroatoms. The highest BCUT2D eigenvalue weighted by Gasteiger charge is 2.19. The standard InChI is InChI=1S/C14H23N5O2/c1-5-7-18-12-11(17(4)9(3)16-12)13(20)19(14(18)21)8-10(15)6-2/h10H,5-8,15H2,1-4H3. The molecule has 0 aliphatic heterocycles. The molecule has 116 valence electrons. The largest absolute Gasteiger partial charge is 0.332 e. The van der Waals surface area contributed by atoms with Gasteiger partial charge in [-0.15, -0.1) is 0 Å². The van der Waals surface area contributed by atoms with Gasteiger partial charge in [0.1, 0.15) is 5.82 Å². The highest BCUT2D eigenvalue weighted by Crippen LogP contribution is 2.09. The van der Waals surface area contributed by atoms with Gasteiger partial charge in [-0.1, -0.05) is 13.8 Å². The van der Waals surface area contributed by atoms with Crippen molar-refractivity contribution in [1.82, 2.24) is 18.7 Å². The van der Waals surface area contributed by atoms with E-state index in [4.69, 9.17) is 5.73 Å². The summed E-state index contributed by atoms with van der Waals surface area (Å²) in [5, 5.41) is 0. The second-order valence-corrected chi connectivity index (χ2v) is 5.41. The monoisotopic (exact) mass is 293 g/mol. The average Bonchev–Trinajstić information content (AvgIpc) is 2.75. The van der Waals surface area contributed by atoms with Gasteiger partial charge in [0.2, 0.25) is 0 Å². The van der Waals surface area contributed by atoms with Crippen molar-refractivity contribution < 1.29 is 0 Å². The Morgan fingerprint density at radius 3 is 2.48 bits per heavy atom. The summed E-state index contributed by atoms with van der Waals surface area (Å²) < 4.78 is 4.55. The molecule has 1 unspecified atom stereocenters. The molecule has 1 atom stereocenters. The Hall–Kier alpha value is -1.89. The number of hydrogen-bond acceptors (Lipinski definition) is 4. The Morgan fingerprint density at radius 2 is 1.90 bits per heavy atom. The van der Waals surface area contributed by atoms with Crippen molar-refractivity contribution in [3.05, 3.63) is 26.7 Å². The first kappa shape index (κ1) is 15.5. The van der Waals surface area contributed by atoms with Crippen LogP contribution in [0.1, 0.15) is 32.5 Å². The molecule has 2 aromatic heterocycles. The van der Waals surface area contributed by atoms with Crippen molar-refractivity contribution >= 4 is 11.2 Å². The van der Waals surface area contributed by atoms with E-state index in [-0.39, 0.29) is 23.8 Å². The zero-order chi connectivity index (χ0) is 15.7. The lowest BCUT2D eigenvalue weighted by molar-refractivity contribution is 0.488. The van der Waals surface area contributed by atoms with Crippen LogP contribution < -0.4 is 17.0 Å². The zero-order valence-electron chi connectivity index (χ0n) is 13.1. The van der Waals surface area contributed by atoms with Crippen molar-refractivity contribution in [3.63, 3.8) is 0 Å². The molecule has 0 aromatic carbocycles. The van der Waals surface area contributed by atoms with E-state index in [2.05, 4.69) is 4.98 Å². The summed E-state index contributed by atoms with van der Waals surface area (Å²) in [7, 11) is 1.79. The highest BCUT2D eigenvalue weighted by atomic mass is 16.2. The van der Waals surface area contributed by atoms with Gasteiger partial charge < -0.3 is 10.3 Å². The lowest BCUT2D eigenvalue weighted by Crippen LogP contribution is -2.44. The molecule has 0 spiro atoms. The van der Waals surface area contributed by atoms with Crippen LogP contribution in [0.15, 0.2) is 9.59 Å². The predicted octanol–water partition coefficient (Wildman–Crippen LogP) is 0.352. The third kappa shape index (κ3) is 2.53. The summed E-state index contributed by atoms with van der Waals surface area (Å²) in [5.74, 6) is 0.712. The van der Waals surface area contributed by atoms with Crippen molar-refractivity contribution in [3.8, 4) is 0 Å². The first-order valence-corrected chi connectivity index (χ1v) is 7.34. The number of aromatic nitrogens is 4. The number of imidazole rings is 1. The van der Waals surface area contributed by atoms with Crippen LogP contribution >= 0.6 is 0 Å². The van der Waals surface area contributed by atoms with Crippen LogP contribution in [0.3, 0.4) is 0 Å². The number of hydrogen-bond donors (Lipinski definition) is 1. The smallest absolute Gasteiger partial charge is 0.326 e. The van der Waals surface area contributed by atoms with E-state index in [1.54, 1.807) is 16.2 Å². The van der Waals surface area contributed by atoms with E-state index < -0.39 is 0 Å². The van der Waals surface area contributed by atoms with E-state index in [0.29, 0.717) is 30.0 Å². The topological polar surface area (TPSA) is 87.8 Å². The molecule has 0 saturated heterocycles. The minimum atomic E-state index is -0.323.